The minimum absolute atomic E-state index is 0.159. The van der Waals surface area contributed by atoms with Crippen molar-refractivity contribution in [2.75, 3.05) is 39.8 Å². The third kappa shape index (κ3) is 7.89. The molecule has 3 N–H and O–H groups in total. The van der Waals surface area contributed by atoms with Crippen LogP contribution in [0.25, 0.3) is 10.9 Å². The van der Waals surface area contributed by atoms with Crippen molar-refractivity contribution >= 4 is 40.2 Å². The number of hydrogen-bond donors (Lipinski definition) is 3. The number of carbonyl (C=O) groups is 3. The van der Waals surface area contributed by atoms with Gasteiger partial charge in [0.15, 0.2) is 6.61 Å². The predicted molar refractivity (Wildman–Crippen MR) is 156 cm³/mol. The van der Waals surface area contributed by atoms with Crippen molar-refractivity contribution in [1.82, 2.24) is 30.2 Å². The van der Waals surface area contributed by atoms with E-state index >= 15 is 0 Å². The summed E-state index contributed by atoms with van der Waals surface area (Å²) in [7, 11) is 3.62. The number of nitrogens with one attached hydrogen (secondary N) is 2. The average Bonchev–Trinajstić information content (AvgIpc) is 3.26. The molecule has 2 heterocycles. The lowest BCUT2D eigenvalue weighted by Gasteiger charge is -2.24. The summed E-state index contributed by atoms with van der Waals surface area (Å²) in [5.74, 6) is -1.03. The van der Waals surface area contributed by atoms with E-state index in [0.717, 1.165) is 36.0 Å². The summed E-state index contributed by atoms with van der Waals surface area (Å²) in [6.45, 7) is 4.28. The fourth-order valence-corrected chi connectivity index (χ4v) is 5.25. The van der Waals surface area contributed by atoms with Gasteiger partial charge in [-0.25, -0.2) is 0 Å². The Kier molecular flexibility index (Phi) is 10.1. The molecule has 3 amide bonds. The Hall–Kier alpha value is -3.83. The highest BCUT2D eigenvalue weighted by atomic mass is 35.5. The molecule has 0 unspecified atom stereocenters. The van der Waals surface area contributed by atoms with Gasteiger partial charge in [0, 0.05) is 57.3 Å². The Balaban J connectivity index is 1.51. The summed E-state index contributed by atoms with van der Waals surface area (Å²) in [5.41, 5.74) is 2.06. The van der Waals surface area contributed by atoms with Crippen molar-refractivity contribution < 1.29 is 24.2 Å². The van der Waals surface area contributed by atoms with E-state index in [-0.39, 0.29) is 35.5 Å². The molecule has 0 saturated heterocycles. The number of carbonyl (C=O) groups excluding carboxylic acids is 3. The van der Waals surface area contributed by atoms with Crippen LogP contribution in [-0.4, -0.2) is 88.3 Å². The van der Waals surface area contributed by atoms with Crippen molar-refractivity contribution in [3.05, 3.63) is 52.7 Å². The molecule has 0 fully saturated rings. The van der Waals surface area contributed by atoms with Gasteiger partial charge in [-0.2, -0.15) is 5.10 Å². The number of benzene rings is 2. The zero-order valence-electron chi connectivity index (χ0n) is 23.7. The molecule has 220 valence electrons. The Labute approximate surface area is 244 Å². The first-order valence-electron chi connectivity index (χ1n) is 13.7. The number of aromatic hydroxyl groups is 1. The first-order valence-corrected chi connectivity index (χ1v) is 14.1. The number of aromatic nitrogens is 2. The van der Waals surface area contributed by atoms with Gasteiger partial charge in [0.05, 0.1) is 16.2 Å². The number of aryl methyl sites for hydroxylation is 1. The van der Waals surface area contributed by atoms with Crippen molar-refractivity contribution in [3.63, 3.8) is 0 Å². The summed E-state index contributed by atoms with van der Waals surface area (Å²) in [6, 6.07) is 9.16. The van der Waals surface area contributed by atoms with Crippen LogP contribution in [0.4, 0.5) is 0 Å². The molecule has 2 bridgehead atoms. The summed E-state index contributed by atoms with van der Waals surface area (Å²) >= 11 is 6.54. The zero-order valence-corrected chi connectivity index (χ0v) is 24.4. The molecule has 1 atom stereocenters. The fourth-order valence-electron chi connectivity index (χ4n) is 4.97. The highest BCUT2D eigenvalue weighted by molar-refractivity contribution is 6.35. The van der Waals surface area contributed by atoms with Gasteiger partial charge in [0.1, 0.15) is 17.5 Å². The van der Waals surface area contributed by atoms with E-state index in [0.29, 0.717) is 37.6 Å². The molecule has 3 aromatic rings. The molecule has 0 aliphatic carbocycles. The second kappa shape index (κ2) is 13.7. The minimum atomic E-state index is -0.731. The van der Waals surface area contributed by atoms with Crippen molar-refractivity contribution in [2.24, 2.45) is 7.05 Å². The molecule has 1 aliphatic rings. The summed E-state index contributed by atoms with van der Waals surface area (Å²) < 4.78 is 7.32. The lowest BCUT2D eigenvalue weighted by atomic mass is 10.1. The first-order chi connectivity index (χ1) is 19.6. The van der Waals surface area contributed by atoms with Crippen molar-refractivity contribution in [2.45, 2.75) is 38.8 Å². The number of nitrogens with zero attached hydrogens (tertiary/aromatic N) is 4. The SMILES string of the molecule is C[C@@H]1NC(=O)COc2cc(O)cc(c2)C(=O)NCCCN(Cc2nn(C)c3cccc(Cl)c23)CCCCN(C)C1=O. The van der Waals surface area contributed by atoms with Gasteiger partial charge in [-0.1, -0.05) is 17.7 Å². The second-order valence-electron chi connectivity index (χ2n) is 10.4. The number of halogens is 1. The van der Waals surface area contributed by atoms with Crippen LogP contribution < -0.4 is 15.4 Å². The van der Waals surface area contributed by atoms with Crippen LogP contribution in [0, 0.1) is 0 Å². The molecule has 1 aromatic heterocycles. The molecule has 12 heteroatoms. The van der Waals surface area contributed by atoms with Crippen LogP contribution in [0.1, 0.15) is 42.2 Å². The molecule has 4 rings (SSSR count). The second-order valence-corrected chi connectivity index (χ2v) is 10.8. The molecule has 0 radical (unpaired) electrons. The maximum Gasteiger partial charge on any atom is 0.258 e. The number of amides is 3. The highest BCUT2D eigenvalue weighted by Crippen LogP contribution is 2.27. The molecule has 11 nitrogen and oxygen atoms in total. The van der Waals surface area contributed by atoms with Gasteiger partial charge in [-0.05, 0) is 57.0 Å². The largest absolute Gasteiger partial charge is 0.508 e. The summed E-state index contributed by atoms with van der Waals surface area (Å²) in [6.07, 6.45) is 2.30. The van der Waals surface area contributed by atoms with Crippen molar-refractivity contribution in [3.8, 4) is 11.5 Å². The monoisotopic (exact) mass is 584 g/mol. The van der Waals surface area contributed by atoms with Crippen LogP contribution in [-0.2, 0) is 23.2 Å². The minimum Gasteiger partial charge on any atom is -0.508 e. The Morgan fingerprint density at radius 2 is 1.83 bits per heavy atom. The molecule has 1 aliphatic heterocycles. The van der Waals surface area contributed by atoms with Crippen LogP contribution in [0.15, 0.2) is 36.4 Å². The van der Waals surface area contributed by atoms with Crippen LogP contribution in [0.3, 0.4) is 0 Å². The quantitative estimate of drug-likeness (QED) is 0.422. The maximum atomic E-state index is 12.8. The van der Waals surface area contributed by atoms with Gasteiger partial charge in [-0.3, -0.25) is 24.0 Å². The Morgan fingerprint density at radius 3 is 2.63 bits per heavy atom. The van der Waals surface area contributed by atoms with Gasteiger partial charge >= 0.3 is 0 Å². The number of phenols is 1. The van der Waals surface area contributed by atoms with Gasteiger partial charge in [-0.15, -0.1) is 0 Å². The van der Waals surface area contributed by atoms with Crippen LogP contribution in [0.2, 0.25) is 5.02 Å². The van der Waals surface area contributed by atoms with Gasteiger partial charge < -0.3 is 25.4 Å². The number of hydrogen-bond acceptors (Lipinski definition) is 7. The van der Waals surface area contributed by atoms with Gasteiger partial charge in [0.25, 0.3) is 11.8 Å². The van der Waals surface area contributed by atoms with E-state index in [1.54, 1.807) is 18.9 Å². The number of ether oxygens (including phenoxy) is 1. The van der Waals surface area contributed by atoms with Crippen LogP contribution >= 0.6 is 11.6 Å². The van der Waals surface area contributed by atoms with E-state index in [4.69, 9.17) is 21.4 Å². The zero-order chi connectivity index (χ0) is 29.5. The predicted octanol–water partition coefficient (Wildman–Crippen LogP) is 2.69. The third-order valence-corrected chi connectivity index (χ3v) is 7.39. The molecule has 2 aromatic carbocycles. The Morgan fingerprint density at radius 1 is 1.07 bits per heavy atom. The number of likely N-dealkylation sites (N-methyl/N-ethyl adjacent to an activating group) is 1. The van der Waals surface area contributed by atoms with Crippen molar-refractivity contribution in [1.29, 1.82) is 0 Å². The number of fused-ring (bicyclic) bond motifs is 3. The third-order valence-electron chi connectivity index (χ3n) is 7.08. The normalized spacial score (nSPS) is 19.0. The topological polar surface area (TPSA) is 129 Å². The highest BCUT2D eigenvalue weighted by Gasteiger charge is 2.21. The Bertz CT molecular complexity index is 1410. The van der Waals surface area contributed by atoms with Gasteiger partial charge in [0.2, 0.25) is 5.91 Å². The molecule has 41 heavy (non-hydrogen) atoms. The smallest absolute Gasteiger partial charge is 0.258 e. The lowest BCUT2D eigenvalue weighted by molar-refractivity contribution is -0.135. The molecular weight excluding hydrogens is 548 g/mol. The van der Waals surface area contributed by atoms with E-state index in [9.17, 15) is 19.5 Å². The number of phenolic OH excluding ortho intramolecular Hbond substituents is 1. The van der Waals surface area contributed by atoms with E-state index in [2.05, 4.69) is 15.5 Å². The standard InChI is InChI=1S/C29H37ClN6O5/c1-19-29(40)34(2)11-4-5-12-36(17-24-27-23(30)8-6-9-25(27)35(3)33-24)13-7-10-31-28(39)20-14-21(37)16-22(15-20)41-18-26(38)32-19/h6,8-9,14-16,19,37H,4-5,7,10-13,17-18H2,1-3H3,(H,31,39)(H,32,38)/t19-/m0/s1. The van der Waals surface area contributed by atoms with E-state index < -0.39 is 11.9 Å². The molecular formula is C29H37ClN6O5. The number of rotatable bonds is 2. The van der Waals surface area contributed by atoms with E-state index in [1.807, 2.05) is 29.9 Å². The first kappa shape index (κ1) is 30.1. The lowest BCUT2D eigenvalue weighted by Crippen LogP contribution is -2.47. The summed E-state index contributed by atoms with van der Waals surface area (Å²) in [5, 5.41) is 22.0. The average molecular weight is 585 g/mol. The summed E-state index contributed by atoms with van der Waals surface area (Å²) in [4.78, 5) is 41.9. The fraction of sp³-hybridized carbons (Fsp3) is 0.448. The molecule has 0 saturated carbocycles. The van der Waals surface area contributed by atoms with Crippen LogP contribution in [0.5, 0.6) is 11.5 Å². The maximum absolute atomic E-state index is 12.8. The van der Waals surface area contributed by atoms with E-state index in [1.165, 1.54) is 18.2 Å². The molecule has 0 spiro atoms.